The second-order valence-corrected chi connectivity index (χ2v) is 6.46. The SMILES string of the molecule is COc1ccc(F)cc1-c1ccc2c(c1)CN(C(=O)Cn1cnc(C#N)n1)C2. The second kappa shape index (κ2) is 7.12. The number of nitriles is 1. The minimum absolute atomic E-state index is 0.0211. The molecule has 8 heteroatoms. The summed E-state index contributed by atoms with van der Waals surface area (Å²) in [5.74, 6) is 0.172. The van der Waals surface area contributed by atoms with Crippen LogP contribution in [0.4, 0.5) is 4.39 Å². The van der Waals surface area contributed by atoms with E-state index in [9.17, 15) is 9.18 Å². The first-order chi connectivity index (χ1) is 13.6. The van der Waals surface area contributed by atoms with Crippen molar-refractivity contribution in [2.24, 2.45) is 0 Å². The van der Waals surface area contributed by atoms with Crippen LogP contribution in [0, 0.1) is 17.1 Å². The van der Waals surface area contributed by atoms with Gasteiger partial charge in [-0.2, -0.15) is 5.26 Å². The van der Waals surface area contributed by atoms with Gasteiger partial charge in [0.15, 0.2) is 0 Å². The molecule has 2 aromatic carbocycles. The zero-order valence-corrected chi connectivity index (χ0v) is 15.1. The largest absolute Gasteiger partial charge is 0.496 e. The number of carbonyl (C=O) groups is 1. The molecule has 4 rings (SSSR count). The summed E-state index contributed by atoms with van der Waals surface area (Å²) in [6.45, 7) is 0.973. The van der Waals surface area contributed by atoms with Crippen molar-refractivity contribution < 1.29 is 13.9 Å². The molecular weight excluding hydrogens is 361 g/mol. The highest BCUT2D eigenvalue weighted by Gasteiger charge is 2.24. The fraction of sp³-hybridized carbons (Fsp3) is 0.200. The van der Waals surface area contributed by atoms with Crippen molar-refractivity contribution in [1.82, 2.24) is 19.7 Å². The van der Waals surface area contributed by atoms with Gasteiger partial charge in [-0.1, -0.05) is 12.1 Å². The van der Waals surface area contributed by atoms with E-state index in [0.717, 1.165) is 16.7 Å². The van der Waals surface area contributed by atoms with Crippen LogP contribution in [0.15, 0.2) is 42.7 Å². The molecule has 0 N–H and O–H groups in total. The van der Waals surface area contributed by atoms with Crippen molar-refractivity contribution in [1.29, 1.82) is 5.26 Å². The predicted molar refractivity (Wildman–Crippen MR) is 97.4 cm³/mol. The predicted octanol–water partition coefficient (Wildman–Crippen LogP) is 2.51. The average Bonchev–Trinajstić information content (AvgIpc) is 3.33. The lowest BCUT2D eigenvalue weighted by Gasteiger charge is -2.14. The van der Waals surface area contributed by atoms with Crippen LogP contribution in [-0.4, -0.2) is 32.7 Å². The Bertz CT molecular complexity index is 1100. The first-order valence-electron chi connectivity index (χ1n) is 8.60. The fourth-order valence-electron chi connectivity index (χ4n) is 3.30. The fourth-order valence-corrected chi connectivity index (χ4v) is 3.30. The van der Waals surface area contributed by atoms with Crippen molar-refractivity contribution in [3.63, 3.8) is 0 Å². The molecule has 0 spiro atoms. The van der Waals surface area contributed by atoms with Gasteiger partial charge in [-0.15, -0.1) is 5.10 Å². The lowest BCUT2D eigenvalue weighted by Crippen LogP contribution is -2.29. The number of carbonyl (C=O) groups excluding carboxylic acids is 1. The highest BCUT2D eigenvalue weighted by Crippen LogP contribution is 2.34. The summed E-state index contributed by atoms with van der Waals surface area (Å²) in [4.78, 5) is 18.1. The number of nitrogens with zero attached hydrogens (tertiary/aromatic N) is 5. The lowest BCUT2D eigenvalue weighted by atomic mass is 10.00. The third kappa shape index (κ3) is 3.30. The molecule has 0 fully saturated rings. The Morgan fingerprint density at radius 2 is 2.07 bits per heavy atom. The van der Waals surface area contributed by atoms with Crippen molar-refractivity contribution in [2.45, 2.75) is 19.6 Å². The van der Waals surface area contributed by atoms with Crippen LogP contribution in [0.2, 0.25) is 0 Å². The zero-order valence-electron chi connectivity index (χ0n) is 15.1. The van der Waals surface area contributed by atoms with E-state index in [0.29, 0.717) is 24.4 Å². The van der Waals surface area contributed by atoms with Crippen LogP contribution < -0.4 is 4.74 Å². The third-order valence-corrected chi connectivity index (χ3v) is 4.69. The molecule has 1 amide bonds. The lowest BCUT2D eigenvalue weighted by molar-refractivity contribution is -0.132. The molecule has 1 aliphatic heterocycles. The minimum atomic E-state index is -0.335. The Hall–Kier alpha value is -3.73. The summed E-state index contributed by atoms with van der Waals surface area (Å²) in [6.07, 6.45) is 1.37. The molecule has 0 saturated carbocycles. The highest BCUT2D eigenvalue weighted by molar-refractivity contribution is 5.77. The van der Waals surface area contributed by atoms with E-state index in [1.165, 1.54) is 23.1 Å². The maximum absolute atomic E-state index is 13.7. The summed E-state index contributed by atoms with van der Waals surface area (Å²) >= 11 is 0. The maximum atomic E-state index is 13.7. The average molecular weight is 377 g/mol. The van der Waals surface area contributed by atoms with Gasteiger partial charge in [-0.25, -0.2) is 14.1 Å². The topological polar surface area (TPSA) is 84.0 Å². The quantitative estimate of drug-likeness (QED) is 0.698. The first kappa shape index (κ1) is 17.7. The summed E-state index contributed by atoms with van der Waals surface area (Å²) in [5.41, 5.74) is 3.55. The summed E-state index contributed by atoms with van der Waals surface area (Å²) in [5, 5.41) is 12.7. The van der Waals surface area contributed by atoms with Gasteiger partial charge in [0.05, 0.1) is 7.11 Å². The van der Waals surface area contributed by atoms with E-state index < -0.39 is 0 Å². The number of fused-ring (bicyclic) bond motifs is 1. The third-order valence-electron chi connectivity index (χ3n) is 4.69. The van der Waals surface area contributed by atoms with Gasteiger partial charge in [-0.05, 0) is 41.0 Å². The van der Waals surface area contributed by atoms with Crippen LogP contribution in [0.3, 0.4) is 0 Å². The Kier molecular flexibility index (Phi) is 4.49. The van der Waals surface area contributed by atoms with Gasteiger partial charge in [0.1, 0.15) is 30.5 Å². The minimum Gasteiger partial charge on any atom is -0.496 e. The smallest absolute Gasteiger partial charge is 0.252 e. The highest BCUT2D eigenvalue weighted by atomic mass is 19.1. The molecule has 0 radical (unpaired) electrons. The van der Waals surface area contributed by atoms with Gasteiger partial charge in [0.25, 0.3) is 5.82 Å². The van der Waals surface area contributed by atoms with Crippen molar-refractivity contribution in [3.8, 4) is 22.9 Å². The molecule has 0 unspecified atom stereocenters. The summed E-state index contributed by atoms with van der Waals surface area (Å²) in [7, 11) is 1.55. The van der Waals surface area contributed by atoms with E-state index in [1.54, 1.807) is 18.1 Å². The monoisotopic (exact) mass is 377 g/mol. The Morgan fingerprint density at radius 1 is 1.25 bits per heavy atom. The van der Waals surface area contributed by atoms with Crippen molar-refractivity contribution in [3.05, 3.63) is 65.5 Å². The number of rotatable bonds is 4. The normalized spacial score (nSPS) is 12.5. The van der Waals surface area contributed by atoms with Crippen molar-refractivity contribution in [2.75, 3.05) is 7.11 Å². The summed E-state index contributed by atoms with van der Waals surface area (Å²) < 4.78 is 20.4. The van der Waals surface area contributed by atoms with E-state index in [4.69, 9.17) is 10.00 Å². The Morgan fingerprint density at radius 3 is 2.82 bits per heavy atom. The number of benzene rings is 2. The summed E-state index contributed by atoms with van der Waals surface area (Å²) in [6, 6.07) is 12.0. The molecule has 0 atom stereocenters. The van der Waals surface area contributed by atoms with Crippen LogP contribution in [-0.2, 0) is 24.4 Å². The number of hydrogen-bond donors (Lipinski definition) is 0. The number of amides is 1. The zero-order chi connectivity index (χ0) is 19.7. The number of hydrogen-bond acceptors (Lipinski definition) is 5. The molecule has 7 nitrogen and oxygen atoms in total. The van der Waals surface area contributed by atoms with Gasteiger partial charge in [0, 0.05) is 18.7 Å². The van der Waals surface area contributed by atoms with Crippen LogP contribution >= 0.6 is 0 Å². The molecule has 1 aliphatic rings. The molecule has 3 aromatic rings. The molecule has 140 valence electrons. The van der Waals surface area contributed by atoms with Gasteiger partial charge >= 0.3 is 0 Å². The second-order valence-electron chi connectivity index (χ2n) is 6.46. The van der Waals surface area contributed by atoms with Gasteiger partial charge in [0.2, 0.25) is 5.91 Å². The number of halogens is 1. The Labute approximate surface area is 160 Å². The number of methoxy groups -OCH3 is 1. The van der Waals surface area contributed by atoms with Crippen LogP contribution in [0.1, 0.15) is 17.0 Å². The first-order valence-corrected chi connectivity index (χ1v) is 8.60. The molecule has 0 saturated heterocycles. The van der Waals surface area contributed by atoms with Crippen LogP contribution in [0.25, 0.3) is 11.1 Å². The van der Waals surface area contributed by atoms with Crippen LogP contribution in [0.5, 0.6) is 5.75 Å². The molecular formula is C20H16FN5O2. The number of ether oxygens (including phenoxy) is 1. The van der Waals surface area contributed by atoms with Crippen molar-refractivity contribution >= 4 is 5.91 Å². The molecule has 2 heterocycles. The Balaban J connectivity index is 1.54. The van der Waals surface area contributed by atoms with Gasteiger partial charge < -0.3 is 9.64 Å². The van der Waals surface area contributed by atoms with E-state index in [2.05, 4.69) is 10.1 Å². The standard InChI is InChI=1S/C20H16FN5O2/c1-28-18-5-4-16(21)7-17(18)13-2-3-14-9-25(10-15(14)6-13)20(27)11-26-12-23-19(8-22)24-26/h2-7,12H,9-11H2,1H3. The molecule has 28 heavy (non-hydrogen) atoms. The van der Waals surface area contributed by atoms with E-state index in [-0.39, 0.29) is 24.1 Å². The molecule has 1 aromatic heterocycles. The molecule has 0 bridgehead atoms. The van der Waals surface area contributed by atoms with E-state index in [1.807, 2.05) is 24.3 Å². The number of aromatic nitrogens is 3. The maximum Gasteiger partial charge on any atom is 0.252 e. The molecule has 0 aliphatic carbocycles. The van der Waals surface area contributed by atoms with E-state index >= 15 is 0 Å². The van der Waals surface area contributed by atoms with Gasteiger partial charge in [-0.3, -0.25) is 4.79 Å².